The third kappa shape index (κ3) is 21.4. The van der Waals surface area contributed by atoms with E-state index in [0.717, 1.165) is 18.7 Å². The van der Waals surface area contributed by atoms with Gasteiger partial charge < -0.3 is 56.7 Å². The van der Waals surface area contributed by atoms with Crippen molar-refractivity contribution in [1.82, 2.24) is 31.9 Å². The van der Waals surface area contributed by atoms with Crippen LogP contribution < -0.4 is 31.9 Å². The maximum Gasteiger partial charge on any atom is 0.408 e. The molecule has 22 nitrogen and oxygen atoms in total. The number of esters is 1. The first-order valence-corrected chi connectivity index (χ1v) is 24.9. The number of sulfone groups is 1. The molecule has 6 amide bonds. The molecule has 0 heterocycles. The Morgan fingerprint density at radius 3 is 1.73 bits per heavy atom. The van der Waals surface area contributed by atoms with Gasteiger partial charge in [0.15, 0.2) is 9.84 Å². The predicted molar refractivity (Wildman–Crippen MR) is 258 cm³/mol. The molecule has 0 fully saturated rings. The molecule has 0 saturated heterocycles. The Hall–Kier alpha value is -6.47. The van der Waals surface area contributed by atoms with Gasteiger partial charge in [0.2, 0.25) is 29.5 Å². The fourth-order valence-corrected chi connectivity index (χ4v) is 8.07. The highest BCUT2D eigenvalue weighted by Crippen LogP contribution is 2.20. The van der Waals surface area contributed by atoms with Crippen molar-refractivity contribution in [3.05, 3.63) is 96.1 Å². The minimum absolute atomic E-state index is 0.00261. The van der Waals surface area contributed by atoms with Crippen LogP contribution in [0.2, 0.25) is 0 Å². The van der Waals surface area contributed by atoms with Crippen molar-refractivity contribution in [2.45, 2.75) is 102 Å². The van der Waals surface area contributed by atoms with E-state index < -0.39 is 118 Å². The van der Waals surface area contributed by atoms with Gasteiger partial charge >= 0.3 is 12.1 Å². The van der Waals surface area contributed by atoms with Crippen molar-refractivity contribution in [2.24, 2.45) is 10.2 Å². The van der Waals surface area contributed by atoms with E-state index in [2.05, 4.69) is 42.1 Å². The van der Waals surface area contributed by atoms with Crippen LogP contribution in [0.1, 0.15) is 52.7 Å². The summed E-state index contributed by atoms with van der Waals surface area (Å²) in [5, 5.41) is 53.7. The first-order chi connectivity index (χ1) is 33.0. The van der Waals surface area contributed by atoms with Gasteiger partial charge in [0, 0.05) is 19.1 Å². The van der Waals surface area contributed by atoms with Gasteiger partial charge in [-0.25, -0.2) is 18.0 Å². The van der Waals surface area contributed by atoms with Gasteiger partial charge in [0.1, 0.15) is 42.4 Å². The smallest absolute Gasteiger partial charge is 0.408 e. The van der Waals surface area contributed by atoms with Crippen molar-refractivity contribution in [1.29, 1.82) is 0 Å². The average Bonchev–Trinajstić information content (AvgIpc) is 3.29. The van der Waals surface area contributed by atoms with Crippen LogP contribution in [0.4, 0.5) is 16.2 Å². The van der Waals surface area contributed by atoms with Gasteiger partial charge in [-0.1, -0.05) is 60.7 Å². The summed E-state index contributed by atoms with van der Waals surface area (Å²) in [4.78, 5) is 91.7. The topological polar surface area (TPSA) is 330 Å². The maximum absolute atomic E-state index is 13.9. The number of nitrogens with one attached hydrogen (secondary N) is 6. The first kappa shape index (κ1) is 57.8. The molecule has 0 saturated carbocycles. The maximum atomic E-state index is 13.9. The number of aliphatic hydroxyl groups excluding tert-OH is 3. The highest BCUT2D eigenvalue weighted by molar-refractivity contribution is 7.99. The lowest BCUT2D eigenvalue weighted by molar-refractivity contribution is -0.147. The van der Waals surface area contributed by atoms with Crippen LogP contribution in [-0.2, 0) is 60.3 Å². The van der Waals surface area contributed by atoms with Crippen molar-refractivity contribution >= 4 is 74.6 Å². The lowest BCUT2D eigenvalue weighted by atomic mass is 10.0. The number of carbonyl (C=O) groups is 7. The third-order valence-electron chi connectivity index (χ3n) is 9.54. The molecule has 3 aromatic rings. The van der Waals surface area contributed by atoms with Crippen molar-refractivity contribution in [2.75, 3.05) is 30.6 Å². The van der Waals surface area contributed by atoms with Crippen LogP contribution in [0, 0.1) is 0 Å². The Morgan fingerprint density at radius 1 is 0.671 bits per heavy atom. The number of azo groups is 1. The molecule has 2 unspecified atom stereocenters. The van der Waals surface area contributed by atoms with Crippen molar-refractivity contribution in [3.63, 3.8) is 0 Å². The van der Waals surface area contributed by atoms with Crippen LogP contribution in [0.5, 0.6) is 0 Å². The molecule has 3 rings (SSSR count). The second-order valence-electron chi connectivity index (χ2n) is 16.9. The zero-order valence-electron chi connectivity index (χ0n) is 39.6. The summed E-state index contributed by atoms with van der Waals surface area (Å²) >= 11 is 0.987. The third-order valence-corrected chi connectivity index (χ3v) is 12.0. The molecular formula is C46H62N8O14S2. The summed E-state index contributed by atoms with van der Waals surface area (Å²) < 4.78 is 36.4. The minimum atomic E-state index is -3.83. The monoisotopic (exact) mass is 1010 g/mol. The fraction of sp³-hybridized carbons (Fsp3) is 0.457. The molecule has 0 aromatic heterocycles. The normalized spacial score (nSPS) is 14.6. The molecule has 3 aromatic carbocycles. The molecule has 0 aliphatic rings. The van der Waals surface area contributed by atoms with Gasteiger partial charge in [-0.15, -0.1) is 11.8 Å². The highest BCUT2D eigenvalue weighted by atomic mass is 32.2. The Labute approximate surface area is 410 Å². The summed E-state index contributed by atoms with van der Waals surface area (Å²) in [5.74, 6) is -6.96. The first-order valence-electron chi connectivity index (χ1n) is 21.9. The van der Waals surface area contributed by atoms with Gasteiger partial charge in [-0.05, 0) is 70.0 Å². The van der Waals surface area contributed by atoms with E-state index in [0.29, 0.717) is 22.5 Å². The Balaban J connectivity index is 1.70. The summed E-state index contributed by atoms with van der Waals surface area (Å²) in [5.41, 5.74) is 1.16. The van der Waals surface area contributed by atoms with Gasteiger partial charge in [0.25, 0.3) is 0 Å². The van der Waals surface area contributed by atoms with Crippen LogP contribution in [0.25, 0.3) is 0 Å². The molecule has 24 heteroatoms. The van der Waals surface area contributed by atoms with E-state index in [1.807, 2.05) is 18.2 Å². The number of alkyl carbamates (subject to hydrolysis) is 1. The fourth-order valence-electron chi connectivity index (χ4n) is 6.01. The highest BCUT2D eigenvalue weighted by Gasteiger charge is 2.36. The Morgan fingerprint density at radius 2 is 1.19 bits per heavy atom. The molecule has 0 bridgehead atoms. The standard InChI is InChI=1S/C46H62N8O14S2/c1-28(56)38(51-40(59)35(23-31-13-9-7-10-14-31)48-43(62)39(29(2)57)52-45(64)68-46(4,5)6)42(61)49-36(24-55)41(60)50-37(25-69-27-47-30(3)58)44(63)67-21-22-70(65,66)26-32-17-19-34(20-18-32)54-53-33-15-11-8-12-16-33/h7-20,28-29,35-39,55-57H,21-27H2,1-6H3,(H,47,58)(H,48,62)(H,49,61)(H,50,60)(H,51,59)(H,52,64)/t28?,29?,35-,36-,37-,38-,39-/m0/s1. The SMILES string of the molecule is CC(=O)NCSC[C@H](NC(=O)[C@H](CO)NC(=O)[C@@H](NC(=O)[C@H](Cc1ccccc1)NC(=O)[C@@H](NC(=O)OC(C)(C)C)C(C)O)C(C)O)C(=O)OCCS(=O)(=O)Cc1ccc(N=Nc2ccccc2)cc1. The number of thioether (sulfide) groups is 1. The van der Waals surface area contributed by atoms with E-state index >= 15 is 0 Å². The van der Waals surface area contributed by atoms with E-state index in [-0.39, 0.29) is 24.0 Å². The number of nitrogens with zero attached hydrogens (tertiary/aromatic N) is 2. The van der Waals surface area contributed by atoms with Gasteiger partial charge in [-0.2, -0.15) is 10.2 Å². The predicted octanol–water partition coefficient (Wildman–Crippen LogP) is 1.22. The molecule has 0 aliphatic carbocycles. The summed E-state index contributed by atoms with van der Waals surface area (Å²) in [7, 11) is -3.83. The van der Waals surface area contributed by atoms with Crippen LogP contribution in [0.15, 0.2) is 95.2 Å². The molecular weight excluding hydrogens is 953 g/mol. The number of ether oxygens (including phenoxy) is 2. The molecule has 0 spiro atoms. The van der Waals surface area contributed by atoms with E-state index in [1.54, 1.807) is 87.5 Å². The summed E-state index contributed by atoms with van der Waals surface area (Å²) in [6.07, 6.45) is -4.31. The number of hydrogen-bond donors (Lipinski definition) is 9. The average molecular weight is 1020 g/mol. The number of rotatable bonds is 26. The number of amides is 6. The number of carbonyl (C=O) groups excluding carboxylic acids is 7. The van der Waals surface area contributed by atoms with Crippen LogP contribution in [-0.4, -0.2) is 144 Å². The van der Waals surface area contributed by atoms with E-state index in [1.165, 1.54) is 13.8 Å². The Kier molecular flexibility index (Phi) is 23.4. The van der Waals surface area contributed by atoms with Crippen LogP contribution in [0.3, 0.4) is 0 Å². The van der Waals surface area contributed by atoms with Gasteiger partial charge in [0.05, 0.1) is 47.6 Å². The number of benzene rings is 3. The van der Waals surface area contributed by atoms with E-state index in [9.17, 15) is 57.3 Å². The minimum Gasteiger partial charge on any atom is -0.463 e. The largest absolute Gasteiger partial charge is 0.463 e. The van der Waals surface area contributed by atoms with Crippen LogP contribution >= 0.6 is 11.8 Å². The second-order valence-corrected chi connectivity index (χ2v) is 20.1. The quantitative estimate of drug-likeness (QED) is 0.0236. The Bertz CT molecular complexity index is 2350. The zero-order chi connectivity index (χ0) is 52.0. The molecule has 7 atom stereocenters. The lowest BCUT2D eigenvalue weighted by Gasteiger charge is -2.28. The molecule has 0 aliphatic heterocycles. The molecule has 382 valence electrons. The van der Waals surface area contributed by atoms with Crippen molar-refractivity contribution < 1.29 is 66.8 Å². The molecule has 0 radical (unpaired) electrons. The summed E-state index contributed by atoms with van der Waals surface area (Å²) in [6.45, 7) is 6.75. The lowest BCUT2D eigenvalue weighted by Crippen LogP contribution is -2.62. The second kappa shape index (κ2) is 28.3. The van der Waals surface area contributed by atoms with E-state index in [4.69, 9.17) is 9.47 Å². The summed E-state index contributed by atoms with van der Waals surface area (Å²) in [6, 6.07) is 15.5. The number of aliphatic hydroxyl groups is 3. The zero-order valence-corrected chi connectivity index (χ0v) is 41.3. The van der Waals surface area contributed by atoms with Crippen molar-refractivity contribution in [3.8, 4) is 0 Å². The number of hydrogen-bond acceptors (Lipinski definition) is 17. The van der Waals surface area contributed by atoms with Gasteiger partial charge in [-0.3, -0.25) is 24.0 Å². The molecule has 70 heavy (non-hydrogen) atoms. The molecule has 9 N–H and O–H groups in total.